The number of ether oxygens (including phenoxy) is 2. The van der Waals surface area contributed by atoms with E-state index < -0.39 is 0 Å². The minimum atomic E-state index is 0.208. The number of aryl methyl sites for hydroxylation is 1. The van der Waals surface area contributed by atoms with Gasteiger partial charge in [0, 0.05) is 12.3 Å². The molecule has 0 spiro atoms. The quantitative estimate of drug-likeness (QED) is 0.679. The third kappa shape index (κ3) is 2.04. The van der Waals surface area contributed by atoms with E-state index in [0.717, 1.165) is 12.0 Å². The van der Waals surface area contributed by atoms with Crippen LogP contribution in [0.1, 0.15) is 5.89 Å². The number of hydrogen-bond acceptors (Lipinski definition) is 6. The zero-order chi connectivity index (χ0) is 13.5. The van der Waals surface area contributed by atoms with Gasteiger partial charge >= 0.3 is 0 Å². The molecule has 1 aliphatic rings. The van der Waals surface area contributed by atoms with E-state index in [-0.39, 0.29) is 6.10 Å². The topological polar surface area (TPSA) is 73.8 Å². The summed E-state index contributed by atoms with van der Waals surface area (Å²) in [5.41, 5.74) is 0.686. The van der Waals surface area contributed by atoms with Crippen LogP contribution in [0.15, 0.2) is 33.2 Å². The van der Waals surface area contributed by atoms with Crippen molar-refractivity contribution in [2.45, 2.75) is 13.0 Å². The van der Waals surface area contributed by atoms with Gasteiger partial charge in [0.25, 0.3) is 0 Å². The van der Waals surface area contributed by atoms with Gasteiger partial charge < -0.3 is 18.4 Å². The number of epoxide rings is 1. The molecule has 0 N–H and O–H groups in total. The number of benzene rings is 1. The van der Waals surface area contributed by atoms with Crippen molar-refractivity contribution in [1.29, 1.82) is 0 Å². The molecule has 102 valence electrons. The molecule has 1 aliphatic heterocycles. The summed E-state index contributed by atoms with van der Waals surface area (Å²) in [6.45, 7) is 3.04. The van der Waals surface area contributed by atoms with Crippen molar-refractivity contribution in [3.05, 3.63) is 30.2 Å². The van der Waals surface area contributed by atoms with Crippen LogP contribution < -0.4 is 4.74 Å². The summed E-state index contributed by atoms with van der Waals surface area (Å²) >= 11 is 0. The third-order valence-electron chi connectivity index (χ3n) is 3.08. The number of para-hydroxylation sites is 1. The van der Waals surface area contributed by atoms with E-state index in [1.165, 1.54) is 0 Å². The van der Waals surface area contributed by atoms with Crippen LogP contribution in [0.5, 0.6) is 5.75 Å². The normalized spacial score (nSPS) is 17.6. The highest BCUT2D eigenvalue weighted by Gasteiger charge is 2.24. The Labute approximate surface area is 114 Å². The van der Waals surface area contributed by atoms with E-state index in [2.05, 4.69) is 10.1 Å². The van der Waals surface area contributed by atoms with E-state index in [4.69, 9.17) is 18.4 Å². The van der Waals surface area contributed by atoms with E-state index >= 15 is 0 Å². The fourth-order valence-corrected chi connectivity index (χ4v) is 2.01. The Morgan fingerprint density at radius 1 is 1.40 bits per heavy atom. The Kier molecular flexibility index (Phi) is 2.50. The highest BCUT2D eigenvalue weighted by atomic mass is 16.6. The molecule has 4 rings (SSSR count). The van der Waals surface area contributed by atoms with E-state index in [1.807, 2.05) is 24.3 Å². The summed E-state index contributed by atoms with van der Waals surface area (Å²) in [5, 5.41) is 4.80. The molecule has 1 atom stereocenters. The molecule has 0 saturated carbocycles. The summed E-state index contributed by atoms with van der Waals surface area (Å²) in [6.07, 6.45) is 0.208. The van der Waals surface area contributed by atoms with Crippen molar-refractivity contribution >= 4 is 11.0 Å². The van der Waals surface area contributed by atoms with Gasteiger partial charge in [-0.15, -0.1) is 0 Å². The average molecular weight is 272 g/mol. The van der Waals surface area contributed by atoms with Crippen LogP contribution >= 0.6 is 0 Å². The van der Waals surface area contributed by atoms with Gasteiger partial charge in [-0.25, -0.2) is 0 Å². The molecule has 0 radical (unpaired) electrons. The van der Waals surface area contributed by atoms with Crippen LogP contribution in [-0.4, -0.2) is 29.5 Å². The fourth-order valence-electron chi connectivity index (χ4n) is 2.01. The fraction of sp³-hybridized carbons (Fsp3) is 0.286. The van der Waals surface area contributed by atoms with Crippen molar-refractivity contribution < 1.29 is 18.4 Å². The molecular formula is C14H12N2O4. The predicted octanol–water partition coefficient (Wildman–Crippen LogP) is 2.57. The van der Waals surface area contributed by atoms with Gasteiger partial charge in [-0.3, -0.25) is 0 Å². The first-order chi connectivity index (χ1) is 9.79. The molecule has 1 saturated heterocycles. The molecule has 0 amide bonds. The molecule has 0 aliphatic carbocycles. The third-order valence-corrected chi connectivity index (χ3v) is 3.08. The number of aromatic nitrogens is 2. The molecule has 0 bridgehead atoms. The van der Waals surface area contributed by atoms with Gasteiger partial charge in [0.05, 0.1) is 6.61 Å². The monoisotopic (exact) mass is 272 g/mol. The van der Waals surface area contributed by atoms with Gasteiger partial charge in [0.2, 0.25) is 11.7 Å². The first-order valence-corrected chi connectivity index (χ1v) is 6.37. The Morgan fingerprint density at radius 2 is 2.30 bits per heavy atom. The maximum absolute atomic E-state index is 5.80. The highest BCUT2D eigenvalue weighted by Crippen LogP contribution is 2.32. The molecule has 20 heavy (non-hydrogen) atoms. The summed E-state index contributed by atoms with van der Waals surface area (Å²) in [6, 6.07) is 7.63. The Balaban J connectivity index is 1.72. The summed E-state index contributed by atoms with van der Waals surface area (Å²) in [7, 11) is 0. The number of rotatable bonds is 4. The van der Waals surface area contributed by atoms with E-state index in [0.29, 0.717) is 35.4 Å². The second-order valence-corrected chi connectivity index (χ2v) is 4.69. The maximum Gasteiger partial charge on any atom is 0.238 e. The largest absolute Gasteiger partial charge is 0.487 e. The lowest BCUT2D eigenvalue weighted by Crippen LogP contribution is -2.03. The van der Waals surface area contributed by atoms with Crippen molar-refractivity contribution in [3.8, 4) is 17.3 Å². The molecule has 3 heterocycles. The van der Waals surface area contributed by atoms with Crippen molar-refractivity contribution in [3.63, 3.8) is 0 Å². The van der Waals surface area contributed by atoms with Crippen molar-refractivity contribution in [1.82, 2.24) is 10.1 Å². The summed E-state index contributed by atoms with van der Waals surface area (Å²) in [4.78, 5) is 4.16. The SMILES string of the molecule is Cc1nc(-c2cc3cccc(OC[C@@H]4CO4)c3o2)no1. The average Bonchev–Trinajstić information content (AvgIpc) is 3.00. The van der Waals surface area contributed by atoms with Gasteiger partial charge in [-0.2, -0.15) is 4.98 Å². The number of furan rings is 1. The predicted molar refractivity (Wildman–Crippen MR) is 69.5 cm³/mol. The molecule has 0 unspecified atom stereocenters. The molecule has 2 aromatic heterocycles. The zero-order valence-corrected chi connectivity index (χ0v) is 10.8. The smallest absolute Gasteiger partial charge is 0.238 e. The van der Waals surface area contributed by atoms with Gasteiger partial charge in [-0.1, -0.05) is 17.3 Å². The lowest BCUT2D eigenvalue weighted by Gasteiger charge is -2.03. The zero-order valence-electron chi connectivity index (χ0n) is 10.8. The first kappa shape index (κ1) is 11.5. The van der Waals surface area contributed by atoms with Crippen LogP contribution in [0.4, 0.5) is 0 Å². The summed E-state index contributed by atoms with van der Waals surface area (Å²) < 4.78 is 21.6. The Hall–Kier alpha value is -2.34. The lowest BCUT2D eigenvalue weighted by molar-refractivity contribution is 0.263. The van der Waals surface area contributed by atoms with E-state index in [1.54, 1.807) is 6.92 Å². The highest BCUT2D eigenvalue weighted by molar-refractivity contribution is 5.86. The lowest BCUT2D eigenvalue weighted by atomic mass is 10.2. The molecular weight excluding hydrogens is 260 g/mol. The second-order valence-electron chi connectivity index (χ2n) is 4.69. The van der Waals surface area contributed by atoms with Crippen LogP contribution in [0.25, 0.3) is 22.6 Å². The number of nitrogens with zero attached hydrogens (tertiary/aromatic N) is 2. The first-order valence-electron chi connectivity index (χ1n) is 6.37. The molecule has 3 aromatic rings. The molecule has 1 fully saturated rings. The van der Waals surface area contributed by atoms with E-state index in [9.17, 15) is 0 Å². The Bertz CT molecular complexity index is 757. The molecule has 6 heteroatoms. The molecule has 1 aromatic carbocycles. The van der Waals surface area contributed by atoms with Crippen LogP contribution in [0.2, 0.25) is 0 Å². The van der Waals surface area contributed by atoms with Crippen LogP contribution in [0, 0.1) is 6.92 Å². The minimum Gasteiger partial charge on any atom is -0.487 e. The van der Waals surface area contributed by atoms with Gasteiger partial charge in [-0.05, 0) is 12.1 Å². The van der Waals surface area contributed by atoms with Crippen molar-refractivity contribution in [2.75, 3.05) is 13.2 Å². The summed E-state index contributed by atoms with van der Waals surface area (Å²) in [5.74, 6) is 2.21. The number of hydrogen-bond donors (Lipinski definition) is 0. The van der Waals surface area contributed by atoms with Gasteiger partial charge in [0.1, 0.15) is 12.7 Å². The van der Waals surface area contributed by atoms with Crippen molar-refractivity contribution in [2.24, 2.45) is 0 Å². The minimum absolute atomic E-state index is 0.208. The molecule has 6 nitrogen and oxygen atoms in total. The van der Waals surface area contributed by atoms with Crippen LogP contribution in [0.3, 0.4) is 0 Å². The number of fused-ring (bicyclic) bond motifs is 1. The van der Waals surface area contributed by atoms with Crippen LogP contribution in [-0.2, 0) is 4.74 Å². The maximum atomic E-state index is 5.80. The second kappa shape index (κ2) is 4.35. The Morgan fingerprint density at radius 3 is 3.05 bits per heavy atom. The standard InChI is InChI=1S/C14H12N2O4/c1-8-15-14(16-20-8)12-5-9-3-2-4-11(13(9)19-12)18-7-10-6-17-10/h2-5,10H,6-7H2,1H3/t10-/m0/s1. The van der Waals surface area contributed by atoms with Gasteiger partial charge in [0.15, 0.2) is 17.1 Å².